The van der Waals surface area contributed by atoms with E-state index in [1.165, 1.54) is 6.08 Å². The molecule has 4 nitrogen and oxygen atoms in total. The van der Waals surface area contributed by atoms with Crippen LogP contribution < -0.4 is 0 Å². The molecule has 2 aromatic carbocycles. The van der Waals surface area contributed by atoms with Crippen molar-refractivity contribution in [3.05, 3.63) is 60.7 Å². The van der Waals surface area contributed by atoms with E-state index in [4.69, 9.17) is 0 Å². The van der Waals surface area contributed by atoms with E-state index < -0.39 is 0 Å². The Labute approximate surface area is 147 Å². The topological polar surface area (TPSA) is 40.6 Å². The van der Waals surface area contributed by atoms with Gasteiger partial charge in [-0.2, -0.15) is 0 Å². The number of hydrogen-bond donors (Lipinski definition) is 0. The molecule has 0 spiro atoms. The largest absolute Gasteiger partial charge is 0.334 e. The molecular weight excluding hydrogens is 312 g/mol. The van der Waals surface area contributed by atoms with E-state index >= 15 is 0 Å². The maximum Gasteiger partial charge on any atom is 0.254 e. The van der Waals surface area contributed by atoms with Crippen molar-refractivity contribution in [2.24, 2.45) is 0 Å². The summed E-state index contributed by atoms with van der Waals surface area (Å²) < 4.78 is 0. The van der Waals surface area contributed by atoms with Crippen molar-refractivity contribution in [2.75, 3.05) is 13.1 Å². The number of carbonyl (C=O) groups is 2. The summed E-state index contributed by atoms with van der Waals surface area (Å²) in [5, 5.41) is 2.07. The Hall–Kier alpha value is -2.62. The number of amides is 2. The maximum absolute atomic E-state index is 13.3. The highest BCUT2D eigenvalue weighted by Crippen LogP contribution is 2.33. The van der Waals surface area contributed by atoms with E-state index in [2.05, 4.69) is 6.58 Å². The average Bonchev–Trinajstić information content (AvgIpc) is 3.10. The molecule has 2 fully saturated rings. The molecule has 2 amide bonds. The number of nitrogens with zero attached hydrogens (tertiary/aromatic N) is 2. The fourth-order valence-corrected chi connectivity index (χ4v) is 4.40. The van der Waals surface area contributed by atoms with Gasteiger partial charge in [-0.25, -0.2) is 0 Å². The monoisotopic (exact) mass is 334 g/mol. The van der Waals surface area contributed by atoms with Crippen LogP contribution in [0.1, 0.15) is 29.6 Å². The summed E-state index contributed by atoms with van der Waals surface area (Å²) in [5.74, 6) is 0.0614. The Morgan fingerprint density at radius 1 is 0.960 bits per heavy atom. The molecule has 0 radical (unpaired) electrons. The van der Waals surface area contributed by atoms with E-state index in [1.54, 1.807) is 0 Å². The highest BCUT2D eigenvalue weighted by molar-refractivity contribution is 6.07. The zero-order valence-electron chi connectivity index (χ0n) is 14.2. The molecule has 4 heteroatoms. The SMILES string of the molecule is C=CC(=O)N1CCC2C1CCCN2C(=O)c1cccc2ccccc12. The van der Waals surface area contributed by atoms with Crippen LogP contribution in [-0.4, -0.2) is 46.8 Å². The lowest BCUT2D eigenvalue weighted by atomic mass is 9.95. The van der Waals surface area contributed by atoms with Crippen LogP contribution in [0.25, 0.3) is 10.8 Å². The maximum atomic E-state index is 13.3. The Kier molecular flexibility index (Phi) is 4.04. The van der Waals surface area contributed by atoms with Gasteiger partial charge in [0, 0.05) is 18.7 Å². The van der Waals surface area contributed by atoms with Gasteiger partial charge < -0.3 is 9.80 Å². The Morgan fingerprint density at radius 2 is 1.72 bits per heavy atom. The highest BCUT2D eigenvalue weighted by Gasteiger charge is 2.43. The molecule has 4 rings (SSSR count). The standard InChI is InChI=1S/C21H22N2O2/c1-2-20(24)22-14-12-19-18(22)11-6-13-23(19)21(25)17-10-5-8-15-7-3-4-9-16(15)17/h2-5,7-10,18-19H,1,6,11-14H2. The van der Waals surface area contributed by atoms with Crippen LogP contribution in [-0.2, 0) is 4.79 Å². The second kappa shape index (κ2) is 6.36. The summed E-state index contributed by atoms with van der Waals surface area (Å²) in [6, 6.07) is 14.1. The predicted octanol–water partition coefficient (Wildman–Crippen LogP) is 3.23. The lowest BCUT2D eigenvalue weighted by Gasteiger charge is -2.39. The number of likely N-dealkylation sites (tertiary alicyclic amines) is 2. The van der Waals surface area contributed by atoms with Crippen molar-refractivity contribution in [1.29, 1.82) is 0 Å². The Morgan fingerprint density at radius 3 is 2.56 bits per heavy atom. The number of benzene rings is 2. The lowest BCUT2D eigenvalue weighted by molar-refractivity contribution is -0.127. The van der Waals surface area contributed by atoms with Crippen LogP contribution in [0.4, 0.5) is 0 Å². The van der Waals surface area contributed by atoms with Gasteiger partial charge in [0.25, 0.3) is 5.91 Å². The number of piperidine rings is 1. The smallest absolute Gasteiger partial charge is 0.254 e. The van der Waals surface area contributed by atoms with Crippen LogP contribution in [0, 0.1) is 0 Å². The number of fused-ring (bicyclic) bond motifs is 2. The van der Waals surface area contributed by atoms with Crippen molar-refractivity contribution in [3.63, 3.8) is 0 Å². The van der Waals surface area contributed by atoms with Crippen molar-refractivity contribution in [3.8, 4) is 0 Å². The Balaban J connectivity index is 1.66. The van der Waals surface area contributed by atoms with E-state index in [-0.39, 0.29) is 23.9 Å². The minimum atomic E-state index is -0.0213. The average molecular weight is 334 g/mol. The summed E-state index contributed by atoms with van der Waals surface area (Å²) in [7, 11) is 0. The van der Waals surface area contributed by atoms with E-state index in [9.17, 15) is 9.59 Å². The van der Waals surface area contributed by atoms with Crippen LogP contribution in [0.2, 0.25) is 0 Å². The lowest BCUT2D eigenvalue weighted by Crippen LogP contribution is -2.52. The third-order valence-electron chi connectivity index (χ3n) is 5.55. The van der Waals surface area contributed by atoms with Gasteiger partial charge in [0.2, 0.25) is 5.91 Å². The summed E-state index contributed by atoms with van der Waals surface area (Å²) in [5.41, 5.74) is 0.757. The van der Waals surface area contributed by atoms with Gasteiger partial charge in [0.05, 0.1) is 12.1 Å². The van der Waals surface area contributed by atoms with Crippen molar-refractivity contribution in [1.82, 2.24) is 9.80 Å². The van der Waals surface area contributed by atoms with Crippen LogP contribution in [0.5, 0.6) is 0 Å². The van der Waals surface area contributed by atoms with Crippen molar-refractivity contribution >= 4 is 22.6 Å². The zero-order valence-corrected chi connectivity index (χ0v) is 14.2. The second-order valence-corrected chi connectivity index (χ2v) is 6.83. The van der Waals surface area contributed by atoms with Gasteiger partial charge in [-0.05, 0) is 42.2 Å². The molecule has 0 aliphatic carbocycles. The molecule has 0 aromatic heterocycles. The fraction of sp³-hybridized carbons (Fsp3) is 0.333. The fourth-order valence-electron chi connectivity index (χ4n) is 4.40. The van der Waals surface area contributed by atoms with E-state index in [0.29, 0.717) is 6.54 Å². The first-order valence-corrected chi connectivity index (χ1v) is 8.92. The second-order valence-electron chi connectivity index (χ2n) is 6.83. The van der Waals surface area contributed by atoms with Gasteiger partial charge in [0.1, 0.15) is 0 Å². The van der Waals surface area contributed by atoms with Gasteiger partial charge in [-0.3, -0.25) is 9.59 Å². The first kappa shape index (κ1) is 15.9. The molecule has 0 bridgehead atoms. The highest BCUT2D eigenvalue weighted by atomic mass is 16.2. The van der Waals surface area contributed by atoms with Gasteiger partial charge >= 0.3 is 0 Å². The number of carbonyl (C=O) groups excluding carboxylic acids is 2. The third-order valence-corrected chi connectivity index (χ3v) is 5.55. The van der Waals surface area contributed by atoms with Gasteiger partial charge in [-0.15, -0.1) is 0 Å². The summed E-state index contributed by atoms with van der Waals surface area (Å²) in [6.45, 7) is 5.08. The third kappa shape index (κ3) is 2.62. The number of rotatable bonds is 2. The zero-order chi connectivity index (χ0) is 17.4. The van der Waals surface area contributed by atoms with Gasteiger partial charge in [0.15, 0.2) is 0 Å². The first-order valence-electron chi connectivity index (χ1n) is 8.92. The number of hydrogen-bond acceptors (Lipinski definition) is 2. The van der Waals surface area contributed by atoms with Crippen LogP contribution in [0.3, 0.4) is 0 Å². The molecular formula is C21H22N2O2. The molecule has 2 unspecified atom stereocenters. The van der Waals surface area contributed by atoms with E-state index in [0.717, 1.165) is 42.1 Å². The molecule has 2 atom stereocenters. The predicted molar refractivity (Wildman–Crippen MR) is 98.3 cm³/mol. The minimum Gasteiger partial charge on any atom is -0.334 e. The summed E-state index contributed by atoms with van der Waals surface area (Å²) >= 11 is 0. The molecule has 0 N–H and O–H groups in total. The first-order chi connectivity index (χ1) is 12.2. The normalized spacial score (nSPS) is 22.7. The van der Waals surface area contributed by atoms with Crippen LogP contribution in [0.15, 0.2) is 55.1 Å². The molecule has 25 heavy (non-hydrogen) atoms. The van der Waals surface area contributed by atoms with Crippen molar-refractivity contribution in [2.45, 2.75) is 31.3 Å². The molecule has 2 aromatic rings. The molecule has 2 saturated heterocycles. The van der Waals surface area contributed by atoms with Gasteiger partial charge in [-0.1, -0.05) is 43.0 Å². The van der Waals surface area contributed by atoms with Crippen LogP contribution >= 0.6 is 0 Å². The Bertz CT molecular complexity index is 839. The van der Waals surface area contributed by atoms with Crippen molar-refractivity contribution < 1.29 is 9.59 Å². The molecule has 2 aliphatic heterocycles. The molecule has 128 valence electrons. The molecule has 0 saturated carbocycles. The van der Waals surface area contributed by atoms with E-state index in [1.807, 2.05) is 52.3 Å². The minimum absolute atomic E-state index is 0.0213. The molecule has 2 aliphatic rings. The quantitative estimate of drug-likeness (QED) is 0.791. The summed E-state index contributed by atoms with van der Waals surface area (Å²) in [6.07, 6.45) is 4.12. The summed E-state index contributed by atoms with van der Waals surface area (Å²) in [4.78, 5) is 29.3. The molecule has 2 heterocycles.